The molecule has 3 aliphatic rings. The van der Waals surface area contributed by atoms with Crippen LogP contribution in [0.4, 0.5) is 4.79 Å². The van der Waals surface area contributed by atoms with E-state index in [0.29, 0.717) is 30.3 Å². The maximum atomic E-state index is 12.6. The average molecular weight is 407 g/mol. The van der Waals surface area contributed by atoms with Crippen LogP contribution < -0.4 is 5.32 Å². The fourth-order valence-corrected chi connectivity index (χ4v) is 5.09. The monoisotopic (exact) mass is 406 g/mol. The van der Waals surface area contributed by atoms with Gasteiger partial charge in [0.15, 0.2) is 5.82 Å². The third-order valence-corrected chi connectivity index (χ3v) is 6.74. The largest absolute Gasteiger partial charge is 0.377 e. The van der Waals surface area contributed by atoms with E-state index < -0.39 is 0 Å². The van der Waals surface area contributed by atoms with E-state index in [0.717, 1.165) is 64.6 Å². The van der Waals surface area contributed by atoms with E-state index >= 15 is 0 Å². The molecule has 162 valence electrons. The molecule has 1 aromatic heterocycles. The lowest BCUT2D eigenvalue weighted by molar-refractivity contribution is -0.123. The molecule has 3 fully saturated rings. The van der Waals surface area contributed by atoms with Crippen LogP contribution in [0.1, 0.15) is 69.5 Å². The Morgan fingerprint density at radius 2 is 2.03 bits per heavy atom. The standard InChI is InChI=1S/C21H34N4O4/c1-27-15-18-23-19(29-24-18)13-16-7-12-28-21(14-16)8-10-25(11-9-21)20(26)22-17-5-3-2-4-6-17/h16-17H,2-15H2,1H3,(H,22,26). The number of amides is 2. The Balaban J connectivity index is 1.26. The van der Waals surface area contributed by atoms with Crippen molar-refractivity contribution >= 4 is 6.03 Å². The summed E-state index contributed by atoms with van der Waals surface area (Å²) in [5.41, 5.74) is -0.111. The normalized spacial score (nSPS) is 25.3. The quantitative estimate of drug-likeness (QED) is 0.808. The Hall–Kier alpha value is -1.67. The number of carbonyl (C=O) groups is 1. The molecule has 0 aromatic carbocycles. The molecule has 1 aliphatic carbocycles. The van der Waals surface area contributed by atoms with Crippen molar-refractivity contribution in [2.45, 2.75) is 82.5 Å². The first kappa shape index (κ1) is 20.6. The number of methoxy groups -OCH3 is 1. The Labute approximate surface area is 172 Å². The van der Waals surface area contributed by atoms with E-state index in [2.05, 4.69) is 15.5 Å². The van der Waals surface area contributed by atoms with Crippen molar-refractivity contribution < 1.29 is 18.8 Å². The van der Waals surface area contributed by atoms with Crippen molar-refractivity contribution in [3.05, 3.63) is 11.7 Å². The van der Waals surface area contributed by atoms with Gasteiger partial charge in [-0.05, 0) is 44.4 Å². The van der Waals surface area contributed by atoms with Crippen LogP contribution in [0, 0.1) is 5.92 Å². The van der Waals surface area contributed by atoms with E-state index in [-0.39, 0.29) is 11.6 Å². The molecule has 8 heteroatoms. The van der Waals surface area contributed by atoms with Crippen LogP contribution in [-0.2, 0) is 22.5 Å². The lowest BCUT2D eigenvalue weighted by atomic mass is 9.78. The number of rotatable bonds is 5. The second-order valence-electron chi connectivity index (χ2n) is 8.90. The highest BCUT2D eigenvalue weighted by atomic mass is 16.5. The number of piperidine rings is 1. The number of hydrogen-bond donors (Lipinski definition) is 1. The first-order chi connectivity index (χ1) is 14.2. The lowest BCUT2D eigenvalue weighted by Gasteiger charge is -2.46. The molecule has 1 aromatic rings. The summed E-state index contributed by atoms with van der Waals surface area (Å²) in [6.07, 6.45) is 10.6. The average Bonchev–Trinajstić information content (AvgIpc) is 3.16. The van der Waals surface area contributed by atoms with Crippen molar-refractivity contribution in [3.63, 3.8) is 0 Å². The minimum Gasteiger partial charge on any atom is -0.377 e. The molecule has 1 atom stereocenters. The van der Waals surface area contributed by atoms with Gasteiger partial charge in [0.25, 0.3) is 0 Å². The molecule has 2 aliphatic heterocycles. The van der Waals surface area contributed by atoms with Gasteiger partial charge in [0.05, 0.1) is 5.60 Å². The summed E-state index contributed by atoms with van der Waals surface area (Å²) in [7, 11) is 1.63. The summed E-state index contributed by atoms with van der Waals surface area (Å²) in [4.78, 5) is 19.0. The Morgan fingerprint density at radius 3 is 2.79 bits per heavy atom. The molecule has 1 N–H and O–H groups in total. The van der Waals surface area contributed by atoms with Crippen LogP contribution in [0.15, 0.2) is 4.52 Å². The van der Waals surface area contributed by atoms with Gasteiger partial charge in [0.1, 0.15) is 6.61 Å². The van der Waals surface area contributed by atoms with Crippen LogP contribution in [0.2, 0.25) is 0 Å². The van der Waals surface area contributed by atoms with E-state index in [4.69, 9.17) is 14.0 Å². The van der Waals surface area contributed by atoms with Gasteiger partial charge in [-0.2, -0.15) is 4.98 Å². The van der Waals surface area contributed by atoms with Crippen molar-refractivity contribution in [1.29, 1.82) is 0 Å². The fourth-order valence-electron chi connectivity index (χ4n) is 5.09. The maximum absolute atomic E-state index is 12.6. The summed E-state index contributed by atoms with van der Waals surface area (Å²) < 4.78 is 16.7. The first-order valence-electron chi connectivity index (χ1n) is 11.2. The summed E-state index contributed by atoms with van der Waals surface area (Å²) in [5, 5.41) is 7.20. The van der Waals surface area contributed by atoms with Gasteiger partial charge >= 0.3 is 6.03 Å². The number of aromatic nitrogens is 2. The zero-order valence-corrected chi connectivity index (χ0v) is 17.5. The van der Waals surface area contributed by atoms with E-state index in [9.17, 15) is 4.79 Å². The fraction of sp³-hybridized carbons (Fsp3) is 0.857. The minimum atomic E-state index is -0.111. The van der Waals surface area contributed by atoms with Crippen LogP contribution in [-0.4, -0.2) is 59.5 Å². The molecule has 1 unspecified atom stereocenters. The third-order valence-electron chi connectivity index (χ3n) is 6.74. The SMILES string of the molecule is COCc1noc(CC2CCOC3(CCN(C(=O)NC4CCCCC4)CC3)C2)n1. The lowest BCUT2D eigenvalue weighted by Crippen LogP contribution is -2.54. The highest BCUT2D eigenvalue weighted by Crippen LogP contribution is 2.38. The number of carbonyl (C=O) groups excluding carboxylic acids is 1. The first-order valence-corrected chi connectivity index (χ1v) is 11.2. The molecular weight excluding hydrogens is 372 g/mol. The molecule has 4 rings (SSSR count). The molecule has 8 nitrogen and oxygen atoms in total. The molecule has 0 radical (unpaired) electrons. The topological polar surface area (TPSA) is 89.7 Å². The van der Waals surface area contributed by atoms with Crippen LogP contribution >= 0.6 is 0 Å². The molecule has 0 bridgehead atoms. The van der Waals surface area contributed by atoms with Crippen LogP contribution in [0.5, 0.6) is 0 Å². The van der Waals surface area contributed by atoms with Crippen molar-refractivity contribution in [3.8, 4) is 0 Å². The molecule has 1 saturated carbocycles. The predicted molar refractivity (Wildman–Crippen MR) is 106 cm³/mol. The van der Waals surface area contributed by atoms with Crippen molar-refractivity contribution in [2.24, 2.45) is 5.92 Å². The third kappa shape index (κ3) is 5.28. The predicted octanol–water partition coefficient (Wildman–Crippen LogP) is 3.06. The Morgan fingerprint density at radius 1 is 1.24 bits per heavy atom. The van der Waals surface area contributed by atoms with Gasteiger partial charge in [0.2, 0.25) is 5.89 Å². The second kappa shape index (κ2) is 9.43. The molecule has 3 heterocycles. The highest BCUT2D eigenvalue weighted by Gasteiger charge is 2.41. The van der Waals surface area contributed by atoms with Gasteiger partial charge in [-0.3, -0.25) is 0 Å². The van der Waals surface area contributed by atoms with Gasteiger partial charge in [-0.1, -0.05) is 24.4 Å². The second-order valence-corrected chi connectivity index (χ2v) is 8.90. The maximum Gasteiger partial charge on any atom is 0.317 e. The smallest absolute Gasteiger partial charge is 0.317 e. The molecule has 29 heavy (non-hydrogen) atoms. The molecule has 2 amide bonds. The van der Waals surface area contributed by atoms with E-state index in [1.54, 1.807) is 7.11 Å². The number of nitrogens with one attached hydrogen (secondary N) is 1. The molecule has 1 spiro atoms. The minimum absolute atomic E-state index is 0.107. The van der Waals surface area contributed by atoms with E-state index in [1.165, 1.54) is 19.3 Å². The summed E-state index contributed by atoms with van der Waals surface area (Å²) in [6, 6.07) is 0.468. The Bertz CT molecular complexity index is 665. The highest BCUT2D eigenvalue weighted by molar-refractivity contribution is 5.74. The van der Waals surface area contributed by atoms with Gasteiger partial charge in [-0.15, -0.1) is 0 Å². The number of nitrogens with zero attached hydrogens (tertiary/aromatic N) is 3. The number of likely N-dealkylation sites (tertiary alicyclic amines) is 1. The van der Waals surface area contributed by atoms with Crippen molar-refractivity contribution in [2.75, 3.05) is 26.8 Å². The Kier molecular flexibility index (Phi) is 6.70. The zero-order valence-electron chi connectivity index (χ0n) is 17.5. The number of ether oxygens (including phenoxy) is 2. The van der Waals surface area contributed by atoms with Gasteiger partial charge in [0, 0.05) is 39.3 Å². The van der Waals surface area contributed by atoms with Gasteiger partial charge < -0.3 is 24.2 Å². The van der Waals surface area contributed by atoms with Crippen molar-refractivity contribution in [1.82, 2.24) is 20.4 Å². The van der Waals surface area contributed by atoms with Gasteiger partial charge in [-0.25, -0.2) is 4.79 Å². The number of urea groups is 1. The van der Waals surface area contributed by atoms with Crippen LogP contribution in [0.3, 0.4) is 0 Å². The molecular formula is C21H34N4O4. The summed E-state index contributed by atoms with van der Waals surface area (Å²) in [5.74, 6) is 1.76. The molecule has 2 saturated heterocycles. The van der Waals surface area contributed by atoms with Crippen LogP contribution in [0.25, 0.3) is 0 Å². The number of hydrogen-bond acceptors (Lipinski definition) is 6. The summed E-state index contributed by atoms with van der Waals surface area (Å²) in [6.45, 7) is 2.67. The van der Waals surface area contributed by atoms with E-state index in [1.807, 2.05) is 4.90 Å². The zero-order chi connectivity index (χ0) is 20.1. The summed E-state index contributed by atoms with van der Waals surface area (Å²) >= 11 is 0.